The average Bonchev–Trinajstić information content (AvgIpc) is 2.95. The van der Waals surface area contributed by atoms with Gasteiger partial charge >= 0.3 is 0 Å². The molecule has 0 unspecified atom stereocenters. The summed E-state index contributed by atoms with van der Waals surface area (Å²) in [7, 11) is 0. The maximum atomic E-state index is 11.4. The molecule has 0 aromatic heterocycles. The minimum absolute atomic E-state index is 0.138. The third-order valence-electron chi connectivity index (χ3n) is 2.42. The number of amides is 1. The number of thiocarbonyl (C=S) groups is 1. The Morgan fingerprint density at radius 3 is 2.73 bits per heavy atom. The van der Waals surface area contributed by atoms with Gasteiger partial charge in [0.05, 0.1) is 4.99 Å². The molecule has 1 fully saturated rings. The van der Waals surface area contributed by atoms with Crippen LogP contribution in [0.4, 0.5) is 0 Å². The Balaban J connectivity index is 2.14. The zero-order chi connectivity index (χ0) is 11.3. The van der Waals surface area contributed by atoms with E-state index in [0.29, 0.717) is 24.0 Å². The summed E-state index contributed by atoms with van der Waals surface area (Å²) >= 11 is 4.83. The molecular formula is C10H19N3OS. The molecule has 0 spiro atoms. The first kappa shape index (κ1) is 12.4. The number of carbonyl (C=O) groups excluding carboxylic acids is 1. The van der Waals surface area contributed by atoms with Gasteiger partial charge < -0.3 is 11.1 Å². The highest BCUT2D eigenvalue weighted by Crippen LogP contribution is 2.18. The zero-order valence-electron chi connectivity index (χ0n) is 9.16. The number of nitrogens with two attached hydrogens (primary N) is 1. The normalized spacial score (nSPS) is 15.3. The smallest absolute Gasteiger partial charge is 0.221 e. The molecule has 1 rings (SSSR count). The summed E-state index contributed by atoms with van der Waals surface area (Å²) in [6.07, 6.45) is 2.80. The van der Waals surface area contributed by atoms with Gasteiger partial charge in [0.15, 0.2) is 0 Å². The minimum Gasteiger partial charge on any atom is -0.392 e. The van der Waals surface area contributed by atoms with E-state index in [1.165, 1.54) is 0 Å². The quantitative estimate of drug-likeness (QED) is 0.615. The summed E-state index contributed by atoms with van der Waals surface area (Å²) in [6.45, 7) is 4.24. The van der Waals surface area contributed by atoms with Gasteiger partial charge in [-0.05, 0) is 19.4 Å². The molecule has 4 nitrogen and oxygen atoms in total. The van der Waals surface area contributed by atoms with Crippen molar-refractivity contribution in [1.82, 2.24) is 10.2 Å². The topological polar surface area (TPSA) is 58.4 Å². The molecule has 3 N–H and O–H groups in total. The van der Waals surface area contributed by atoms with Crippen molar-refractivity contribution in [3.63, 3.8) is 0 Å². The summed E-state index contributed by atoms with van der Waals surface area (Å²) in [5.41, 5.74) is 5.46. The molecule has 5 heteroatoms. The van der Waals surface area contributed by atoms with Crippen LogP contribution < -0.4 is 11.1 Å². The molecule has 1 amide bonds. The van der Waals surface area contributed by atoms with Crippen molar-refractivity contribution in [2.45, 2.75) is 32.2 Å². The molecule has 0 radical (unpaired) electrons. The first-order valence-electron chi connectivity index (χ1n) is 5.41. The van der Waals surface area contributed by atoms with E-state index in [0.717, 1.165) is 25.9 Å². The fraction of sp³-hybridized carbons (Fsp3) is 0.800. The third kappa shape index (κ3) is 5.69. The number of carbonyl (C=O) groups is 1. The van der Waals surface area contributed by atoms with Crippen LogP contribution in [0.3, 0.4) is 0 Å². The van der Waals surface area contributed by atoms with Crippen LogP contribution in [0.15, 0.2) is 0 Å². The van der Waals surface area contributed by atoms with E-state index in [4.69, 9.17) is 18.0 Å². The molecule has 1 aliphatic rings. The van der Waals surface area contributed by atoms with Crippen molar-refractivity contribution in [2.24, 2.45) is 5.73 Å². The van der Waals surface area contributed by atoms with Gasteiger partial charge in [0, 0.05) is 25.6 Å². The van der Waals surface area contributed by atoms with Crippen LogP contribution in [0.5, 0.6) is 0 Å². The van der Waals surface area contributed by atoms with Crippen LogP contribution in [0.1, 0.15) is 26.2 Å². The van der Waals surface area contributed by atoms with Crippen molar-refractivity contribution in [3.8, 4) is 0 Å². The number of nitrogens with one attached hydrogen (secondary N) is 1. The van der Waals surface area contributed by atoms with Crippen molar-refractivity contribution >= 4 is 23.1 Å². The SMILES string of the molecule is CCN(CCC(=O)NC1CC1)CC(N)=S. The van der Waals surface area contributed by atoms with Gasteiger partial charge in [-0.15, -0.1) is 0 Å². The Labute approximate surface area is 96.2 Å². The van der Waals surface area contributed by atoms with Gasteiger partial charge in [0.1, 0.15) is 0 Å². The summed E-state index contributed by atoms with van der Waals surface area (Å²) in [5.74, 6) is 0.138. The summed E-state index contributed by atoms with van der Waals surface area (Å²) in [4.78, 5) is 14.0. The third-order valence-corrected chi connectivity index (χ3v) is 2.55. The monoisotopic (exact) mass is 229 g/mol. The molecule has 86 valence electrons. The second kappa shape index (κ2) is 6.02. The molecular weight excluding hydrogens is 210 g/mol. The van der Waals surface area contributed by atoms with E-state index in [2.05, 4.69) is 10.2 Å². The standard InChI is InChI=1S/C10H19N3OS/c1-2-13(7-9(11)15)6-5-10(14)12-8-3-4-8/h8H,2-7H2,1H3,(H2,11,15)(H,12,14). The summed E-state index contributed by atoms with van der Waals surface area (Å²) < 4.78 is 0. The molecule has 0 atom stereocenters. The molecule has 1 saturated carbocycles. The molecule has 15 heavy (non-hydrogen) atoms. The van der Waals surface area contributed by atoms with Crippen LogP contribution in [-0.2, 0) is 4.79 Å². The van der Waals surface area contributed by atoms with Gasteiger partial charge in [-0.25, -0.2) is 0 Å². The predicted molar refractivity (Wildman–Crippen MR) is 64.7 cm³/mol. The van der Waals surface area contributed by atoms with E-state index in [1.54, 1.807) is 0 Å². The van der Waals surface area contributed by atoms with Crippen molar-refractivity contribution in [3.05, 3.63) is 0 Å². The largest absolute Gasteiger partial charge is 0.392 e. The molecule has 0 aromatic rings. The highest BCUT2D eigenvalue weighted by Gasteiger charge is 2.23. The summed E-state index contributed by atoms with van der Waals surface area (Å²) in [6, 6.07) is 0.447. The lowest BCUT2D eigenvalue weighted by Gasteiger charge is -2.18. The number of nitrogens with zero attached hydrogens (tertiary/aromatic N) is 1. The Hall–Kier alpha value is -0.680. The fourth-order valence-electron chi connectivity index (χ4n) is 1.36. The number of rotatable bonds is 7. The predicted octanol–water partition coefficient (Wildman–Crippen LogP) is 0.263. The molecule has 0 saturated heterocycles. The molecule has 0 aromatic carbocycles. The molecule has 0 bridgehead atoms. The highest BCUT2D eigenvalue weighted by molar-refractivity contribution is 7.80. The minimum atomic E-state index is 0.138. The van der Waals surface area contributed by atoms with Gasteiger partial charge in [0.2, 0.25) is 5.91 Å². The van der Waals surface area contributed by atoms with Crippen LogP contribution in [0.25, 0.3) is 0 Å². The number of hydrogen-bond donors (Lipinski definition) is 2. The number of hydrogen-bond acceptors (Lipinski definition) is 3. The van der Waals surface area contributed by atoms with Gasteiger partial charge in [-0.2, -0.15) is 0 Å². The number of likely N-dealkylation sites (N-methyl/N-ethyl adjacent to an activating group) is 1. The molecule has 1 aliphatic carbocycles. The average molecular weight is 229 g/mol. The van der Waals surface area contributed by atoms with E-state index in [9.17, 15) is 4.79 Å². The van der Waals surface area contributed by atoms with E-state index < -0.39 is 0 Å². The fourth-order valence-corrected chi connectivity index (χ4v) is 1.54. The first-order chi connectivity index (χ1) is 7.11. The first-order valence-corrected chi connectivity index (χ1v) is 5.82. The second-order valence-electron chi connectivity index (χ2n) is 3.93. The van der Waals surface area contributed by atoms with Gasteiger partial charge in [-0.1, -0.05) is 19.1 Å². The lowest BCUT2D eigenvalue weighted by atomic mass is 10.3. The van der Waals surface area contributed by atoms with Crippen molar-refractivity contribution in [2.75, 3.05) is 19.6 Å². The molecule has 0 aliphatic heterocycles. The lowest BCUT2D eigenvalue weighted by molar-refractivity contribution is -0.121. The maximum Gasteiger partial charge on any atom is 0.221 e. The Kier molecular flexibility index (Phi) is 4.98. The highest BCUT2D eigenvalue weighted by atomic mass is 32.1. The van der Waals surface area contributed by atoms with Crippen molar-refractivity contribution < 1.29 is 4.79 Å². The molecule has 0 heterocycles. The van der Waals surface area contributed by atoms with Crippen LogP contribution in [0.2, 0.25) is 0 Å². The van der Waals surface area contributed by atoms with E-state index >= 15 is 0 Å². The Morgan fingerprint density at radius 2 is 2.27 bits per heavy atom. The lowest BCUT2D eigenvalue weighted by Crippen LogP contribution is -2.36. The van der Waals surface area contributed by atoms with Crippen molar-refractivity contribution in [1.29, 1.82) is 0 Å². The summed E-state index contributed by atoms with van der Waals surface area (Å²) in [5, 5.41) is 2.96. The van der Waals surface area contributed by atoms with Gasteiger partial charge in [-0.3, -0.25) is 9.69 Å². The Morgan fingerprint density at radius 1 is 1.60 bits per heavy atom. The van der Waals surface area contributed by atoms with Gasteiger partial charge in [0.25, 0.3) is 0 Å². The van der Waals surface area contributed by atoms with E-state index in [-0.39, 0.29) is 5.91 Å². The maximum absolute atomic E-state index is 11.4. The van der Waals surface area contributed by atoms with E-state index in [1.807, 2.05) is 6.92 Å². The van der Waals surface area contributed by atoms with Crippen LogP contribution >= 0.6 is 12.2 Å². The van der Waals surface area contributed by atoms with Crippen LogP contribution in [0, 0.1) is 0 Å². The zero-order valence-corrected chi connectivity index (χ0v) is 9.98. The Bertz CT molecular complexity index is 241. The second-order valence-corrected chi connectivity index (χ2v) is 4.45. The van der Waals surface area contributed by atoms with Crippen LogP contribution in [-0.4, -0.2) is 41.5 Å².